The minimum atomic E-state index is -0.193. The molecule has 6 nitrogen and oxygen atoms in total. The quantitative estimate of drug-likeness (QED) is 0.468. The number of aromatic nitrogens is 1. The lowest BCUT2D eigenvalue weighted by molar-refractivity contribution is -0.135. The first-order valence-corrected chi connectivity index (χ1v) is 11.7. The number of para-hydroxylation sites is 2. The monoisotopic (exact) mass is 458 g/mol. The van der Waals surface area contributed by atoms with E-state index in [1.54, 1.807) is 0 Å². The average Bonchev–Trinajstić information content (AvgIpc) is 3.31. The minimum Gasteiger partial charge on any atom is -0.338 e. The van der Waals surface area contributed by atoms with Gasteiger partial charge in [-0.1, -0.05) is 36.4 Å². The third kappa shape index (κ3) is 4.04. The number of hydrogen-bond donors (Lipinski definition) is 1. The average molecular weight is 459 g/mol. The molecule has 2 fully saturated rings. The molecule has 3 aromatic rings. The zero-order chi connectivity index (χ0) is 22.9. The summed E-state index contributed by atoms with van der Waals surface area (Å²) in [6.45, 7) is 3.23. The molecule has 5 rings (SSSR count). The van der Waals surface area contributed by atoms with Gasteiger partial charge in [0.2, 0.25) is 5.91 Å². The molecule has 0 bridgehead atoms. The Labute approximate surface area is 198 Å². The zero-order valence-electron chi connectivity index (χ0n) is 18.5. The number of benzene rings is 2. The molecule has 7 heteroatoms. The number of rotatable bonds is 4. The van der Waals surface area contributed by atoms with Gasteiger partial charge in [0.15, 0.2) is 5.11 Å². The smallest absolute Gasteiger partial charge is 0.281 e. The topological polar surface area (TPSA) is 57.6 Å². The Hall–Kier alpha value is -3.45. The van der Waals surface area contributed by atoms with E-state index < -0.39 is 0 Å². The van der Waals surface area contributed by atoms with Gasteiger partial charge in [-0.2, -0.15) is 0 Å². The van der Waals surface area contributed by atoms with Gasteiger partial charge in [-0.25, -0.2) is 0 Å². The number of amides is 2. The van der Waals surface area contributed by atoms with Gasteiger partial charge < -0.3 is 14.8 Å². The van der Waals surface area contributed by atoms with Gasteiger partial charge in [0.25, 0.3) is 5.91 Å². The van der Waals surface area contributed by atoms with Crippen LogP contribution in [0.3, 0.4) is 0 Å². The standard InChI is InChI=1S/C26H26N4O2S/c1-18-9-7-8-14-29(18)24(31)17-28-16-19(21-12-5-6-13-23(21)28)15-22-25(32)30(26(33)27-22)20-10-3-2-4-11-20/h2-6,10-13,15-16,18H,7-9,14,17H2,1H3,(H,27,33). The van der Waals surface area contributed by atoms with Crippen LogP contribution in [0.1, 0.15) is 31.7 Å². The summed E-state index contributed by atoms with van der Waals surface area (Å²) in [7, 11) is 0. The second-order valence-corrected chi connectivity index (χ2v) is 9.01. The second-order valence-electron chi connectivity index (χ2n) is 8.63. The van der Waals surface area contributed by atoms with Crippen LogP contribution >= 0.6 is 12.2 Å². The summed E-state index contributed by atoms with van der Waals surface area (Å²) in [5.41, 5.74) is 2.99. The summed E-state index contributed by atoms with van der Waals surface area (Å²) < 4.78 is 1.98. The van der Waals surface area contributed by atoms with Crippen molar-refractivity contribution in [3.8, 4) is 0 Å². The van der Waals surface area contributed by atoms with Crippen molar-refractivity contribution in [2.75, 3.05) is 11.4 Å². The Bertz CT molecular complexity index is 1260. The molecule has 0 radical (unpaired) electrons. The third-order valence-electron chi connectivity index (χ3n) is 6.44. The molecule has 0 saturated carbocycles. The highest BCUT2D eigenvalue weighted by molar-refractivity contribution is 7.80. The van der Waals surface area contributed by atoms with Crippen LogP contribution in [-0.4, -0.2) is 39.0 Å². The van der Waals surface area contributed by atoms with Crippen LogP contribution in [0.4, 0.5) is 5.69 Å². The van der Waals surface area contributed by atoms with Crippen LogP contribution in [0, 0.1) is 0 Å². The Kier molecular flexibility index (Phi) is 5.72. The number of carbonyl (C=O) groups is 2. The fourth-order valence-corrected chi connectivity index (χ4v) is 5.03. The molecule has 2 aliphatic heterocycles. The molecule has 0 spiro atoms. The number of piperidine rings is 1. The Morgan fingerprint density at radius 1 is 1.12 bits per heavy atom. The van der Waals surface area contributed by atoms with E-state index in [2.05, 4.69) is 12.2 Å². The predicted molar refractivity (Wildman–Crippen MR) is 135 cm³/mol. The number of anilines is 1. The van der Waals surface area contributed by atoms with E-state index in [-0.39, 0.29) is 24.4 Å². The van der Waals surface area contributed by atoms with Gasteiger partial charge in [-0.05, 0) is 62.7 Å². The van der Waals surface area contributed by atoms with Gasteiger partial charge in [-0.15, -0.1) is 0 Å². The molecule has 2 aromatic carbocycles. The number of fused-ring (bicyclic) bond motifs is 1. The summed E-state index contributed by atoms with van der Waals surface area (Å²) in [6.07, 6.45) is 7.07. The molecular weight excluding hydrogens is 432 g/mol. The van der Waals surface area contributed by atoms with Crippen molar-refractivity contribution >= 4 is 51.8 Å². The summed E-state index contributed by atoms with van der Waals surface area (Å²) >= 11 is 5.43. The van der Waals surface area contributed by atoms with Gasteiger partial charge in [-0.3, -0.25) is 14.5 Å². The summed E-state index contributed by atoms with van der Waals surface area (Å²) in [5, 5.41) is 4.40. The summed E-state index contributed by atoms with van der Waals surface area (Å²) in [4.78, 5) is 29.7. The molecule has 1 N–H and O–H groups in total. The molecule has 1 aromatic heterocycles. The van der Waals surface area contributed by atoms with Crippen molar-refractivity contribution in [3.63, 3.8) is 0 Å². The largest absolute Gasteiger partial charge is 0.338 e. The van der Waals surface area contributed by atoms with Crippen molar-refractivity contribution in [2.45, 2.75) is 38.8 Å². The Morgan fingerprint density at radius 2 is 1.88 bits per heavy atom. The van der Waals surface area contributed by atoms with Crippen molar-refractivity contribution in [3.05, 3.63) is 72.1 Å². The van der Waals surface area contributed by atoms with Crippen LogP contribution < -0.4 is 10.2 Å². The lowest BCUT2D eigenvalue weighted by Crippen LogP contribution is -2.43. The van der Waals surface area contributed by atoms with Gasteiger partial charge in [0.05, 0.1) is 5.69 Å². The highest BCUT2D eigenvalue weighted by Gasteiger charge is 2.32. The number of hydrogen-bond acceptors (Lipinski definition) is 3. The van der Waals surface area contributed by atoms with E-state index in [9.17, 15) is 9.59 Å². The highest BCUT2D eigenvalue weighted by atomic mass is 32.1. The second kappa shape index (κ2) is 8.83. The fraction of sp³-hybridized carbons (Fsp3) is 0.269. The van der Waals surface area contributed by atoms with Crippen LogP contribution in [0.25, 0.3) is 17.0 Å². The van der Waals surface area contributed by atoms with E-state index in [1.807, 2.05) is 76.3 Å². The zero-order valence-corrected chi connectivity index (χ0v) is 19.3. The third-order valence-corrected chi connectivity index (χ3v) is 6.73. The van der Waals surface area contributed by atoms with Crippen LogP contribution in [0.2, 0.25) is 0 Å². The molecule has 1 atom stereocenters. The van der Waals surface area contributed by atoms with Crippen molar-refractivity contribution in [1.82, 2.24) is 14.8 Å². The Balaban J connectivity index is 1.46. The van der Waals surface area contributed by atoms with E-state index in [4.69, 9.17) is 12.2 Å². The summed E-state index contributed by atoms with van der Waals surface area (Å²) in [5.74, 6) is -0.0603. The number of nitrogens with zero attached hydrogens (tertiary/aromatic N) is 3. The normalized spacial score (nSPS) is 20.0. The SMILES string of the molecule is CC1CCCCN1C(=O)Cn1cc(C=C2NC(=S)N(c3ccccc3)C2=O)c2ccccc21. The number of nitrogens with one attached hydrogen (secondary N) is 1. The van der Waals surface area contributed by atoms with E-state index in [0.717, 1.165) is 41.5 Å². The predicted octanol–water partition coefficient (Wildman–Crippen LogP) is 4.30. The van der Waals surface area contributed by atoms with Gasteiger partial charge >= 0.3 is 0 Å². The fourth-order valence-electron chi connectivity index (χ4n) is 4.73. The molecule has 33 heavy (non-hydrogen) atoms. The van der Waals surface area contributed by atoms with Crippen molar-refractivity contribution in [1.29, 1.82) is 0 Å². The Morgan fingerprint density at radius 3 is 2.67 bits per heavy atom. The number of likely N-dealkylation sites (tertiary alicyclic amines) is 1. The molecule has 168 valence electrons. The maximum atomic E-state index is 13.1. The molecule has 3 heterocycles. The summed E-state index contributed by atoms with van der Waals surface area (Å²) in [6, 6.07) is 17.6. The first-order valence-electron chi connectivity index (χ1n) is 11.3. The number of carbonyl (C=O) groups excluding carboxylic acids is 2. The molecule has 2 amide bonds. The van der Waals surface area contributed by atoms with Gasteiger partial charge in [0, 0.05) is 35.2 Å². The maximum Gasteiger partial charge on any atom is 0.281 e. The maximum absolute atomic E-state index is 13.1. The first-order chi connectivity index (χ1) is 16.0. The van der Waals surface area contributed by atoms with Crippen LogP contribution in [0.5, 0.6) is 0 Å². The highest BCUT2D eigenvalue weighted by Crippen LogP contribution is 2.27. The van der Waals surface area contributed by atoms with E-state index in [1.165, 1.54) is 11.3 Å². The molecule has 2 saturated heterocycles. The van der Waals surface area contributed by atoms with Crippen LogP contribution in [-0.2, 0) is 16.1 Å². The van der Waals surface area contributed by atoms with Crippen molar-refractivity contribution < 1.29 is 9.59 Å². The first kappa shape index (κ1) is 21.4. The van der Waals surface area contributed by atoms with E-state index in [0.29, 0.717) is 10.8 Å². The minimum absolute atomic E-state index is 0.133. The molecule has 0 aliphatic carbocycles. The van der Waals surface area contributed by atoms with Crippen molar-refractivity contribution in [2.24, 2.45) is 0 Å². The number of thiocarbonyl (C=S) groups is 1. The van der Waals surface area contributed by atoms with Crippen LogP contribution in [0.15, 0.2) is 66.5 Å². The molecular formula is C26H26N4O2S. The van der Waals surface area contributed by atoms with E-state index >= 15 is 0 Å². The molecule has 2 aliphatic rings. The molecule has 1 unspecified atom stereocenters. The lowest BCUT2D eigenvalue weighted by atomic mass is 10.0. The van der Waals surface area contributed by atoms with Gasteiger partial charge in [0.1, 0.15) is 12.2 Å². The lowest BCUT2D eigenvalue weighted by Gasteiger charge is -2.33.